The minimum Gasteiger partial charge on any atom is -0.376 e. The number of amides is 4. The highest BCUT2D eigenvalue weighted by atomic mass is 16.5. The molecule has 0 aromatic heterocycles. The Bertz CT molecular complexity index is 802. The molecular weight excluding hydrogens is 356 g/mol. The number of ether oxygens (including phenoxy) is 1. The average molecular weight is 382 g/mol. The van der Waals surface area contributed by atoms with Gasteiger partial charge in [-0.25, -0.2) is 9.59 Å². The largest absolute Gasteiger partial charge is 0.376 e. The van der Waals surface area contributed by atoms with Crippen molar-refractivity contribution in [3.63, 3.8) is 0 Å². The second-order valence-electron chi connectivity index (χ2n) is 6.78. The molecule has 1 heterocycles. The fourth-order valence-corrected chi connectivity index (χ4v) is 2.98. The number of aryl methyl sites for hydroxylation is 1. The number of nitrogens with one attached hydrogen (secondary N) is 4. The Morgan fingerprint density at radius 3 is 2.21 bits per heavy atom. The van der Waals surface area contributed by atoms with Gasteiger partial charge in [-0.2, -0.15) is 0 Å². The van der Waals surface area contributed by atoms with Crippen molar-refractivity contribution in [1.82, 2.24) is 10.6 Å². The minimum atomic E-state index is -0.279. The Morgan fingerprint density at radius 1 is 0.964 bits per heavy atom. The Morgan fingerprint density at radius 2 is 1.61 bits per heavy atom. The molecule has 4 amide bonds. The van der Waals surface area contributed by atoms with Crippen LogP contribution < -0.4 is 21.3 Å². The van der Waals surface area contributed by atoms with E-state index in [4.69, 9.17) is 4.74 Å². The molecule has 148 valence electrons. The fourth-order valence-electron chi connectivity index (χ4n) is 2.98. The third-order valence-corrected chi connectivity index (χ3v) is 4.62. The SMILES string of the molecule is Cc1ccccc1CNC(=O)Nc1ccc(NC(=O)NCC2CCCO2)cc1. The Kier molecular flexibility index (Phi) is 6.86. The molecule has 7 nitrogen and oxygen atoms in total. The molecule has 0 radical (unpaired) electrons. The van der Waals surface area contributed by atoms with Gasteiger partial charge < -0.3 is 26.0 Å². The molecular formula is C21H26N4O3. The third kappa shape index (κ3) is 5.99. The fraction of sp³-hybridized carbons (Fsp3) is 0.333. The van der Waals surface area contributed by atoms with Crippen LogP contribution in [0.4, 0.5) is 21.0 Å². The summed E-state index contributed by atoms with van der Waals surface area (Å²) in [6.45, 7) is 3.74. The maximum atomic E-state index is 12.1. The van der Waals surface area contributed by atoms with Crippen LogP contribution in [0.2, 0.25) is 0 Å². The van der Waals surface area contributed by atoms with Crippen LogP contribution in [0, 0.1) is 6.92 Å². The van der Waals surface area contributed by atoms with Crippen LogP contribution >= 0.6 is 0 Å². The highest BCUT2D eigenvalue weighted by molar-refractivity contribution is 5.91. The summed E-state index contributed by atoms with van der Waals surface area (Å²) in [5.41, 5.74) is 3.51. The zero-order valence-corrected chi connectivity index (χ0v) is 16.0. The summed E-state index contributed by atoms with van der Waals surface area (Å²) < 4.78 is 5.47. The lowest BCUT2D eigenvalue weighted by atomic mass is 10.1. The van der Waals surface area contributed by atoms with E-state index in [0.29, 0.717) is 24.5 Å². The van der Waals surface area contributed by atoms with Crippen molar-refractivity contribution in [3.8, 4) is 0 Å². The standard InChI is InChI=1S/C21H26N4O3/c1-15-5-2-3-6-16(15)13-22-20(26)24-17-8-10-18(11-9-17)25-21(27)23-14-19-7-4-12-28-19/h2-3,5-6,8-11,19H,4,7,12-14H2,1H3,(H2,22,24,26)(H2,23,25,27). The van der Waals surface area contributed by atoms with Crippen molar-refractivity contribution in [2.75, 3.05) is 23.8 Å². The van der Waals surface area contributed by atoms with Gasteiger partial charge in [-0.3, -0.25) is 0 Å². The summed E-state index contributed by atoms with van der Waals surface area (Å²) in [5, 5.41) is 11.2. The van der Waals surface area contributed by atoms with Crippen LogP contribution in [0.25, 0.3) is 0 Å². The Hall–Kier alpha value is -3.06. The van der Waals surface area contributed by atoms with Crippen LogP contribution in [-0.4, -0.2) is 31.3 Å². The molecule has 1 fully saturated rings. The first-order valence-corrected chi connectivity index (χ1v) is 9.46. The molecule has 1 unspecified atom stereocenters. The summed E-state index contributed by atoms with van der Waals surface area (Å²) >= 11 is 0. The zero-order chi connectivity index (χ0) is 19.8. The van der Waals surface area contributed by atoms with Gasteiger partial charge in [0, 0.05) is 31.1 Å². The number of urea groups is 2. The summed E-state index contributed by atoms with van der Waals surface area (Å²) in [6, 6.07) is 14.3. The summed E-state index contributed by atoms with van der Waals surface area (Å²) in [5.74, 6) is 0. The van der Waals surface area contributed by atoms with Crippen LogP contribution in [0.15, 0.2) is 48.5 Å². The van der Waals surface area contributed by atoms with E-state index in [9.17, 15) is 9.59 Å². The number of rotatable bonds is 6. The normalized spacial score (nSPS) is 15.7. The van der Waals surface area contributed by atoms with E-state index in [1.54, 1.807) is 24.3 Å². The highest BCUT2D eigenvalue weighted by Gasteiger charge is 2.16. The van der Waals surface area contributed by atoms with Gasteiger partial charge in [0.1, 0.15) is 0 Å². The van der Waals surface area contributed by atoms with Gasteiger partial charge in [-0.05, 0) is 55.2 Å². The van der Waals surface area contributed by atoms with E-state index in [0.717, 1.165) is 30.6 Å². The number of carbonyl (C=O) groups excluding carboxylic acids is 2. The second kappa shape index (κ2) is 9.75. The van der Waals surface area contributed by atoms with Crippen LogP contribution in [0.5, 0.6) is 0 Å². The molecule has 0 bridgehead atoms. The lowest BCUT2D eigenvalue weighted by molar-refractivity contribution is 0.112. The van der Waals surface area contributed by atoms with Crippen molar-refractivity contribution < 1.29 is 14.3 Å². The van der Waals surface area contributed by atoms with E-state index in [2.05, 4.69) is 21.3 Å². The summed E-state index contributed by atoms with van der Waals surface area (Å²) in [4.78, 5) is 24.0. The number of benzene rings is 2. The highest BCUT2D eigenvalue weighted by Crippen LogP contribution is 2.14. The van der Waals surface area contributed by atoms with Gasteiger partial charge in [0.2, 0.25) is 0 Å². The van der Waals surface area contributed by atoms with Gasteiger partial charge in [0.15, 0.2) is 0 Å². The molecule has 1 saturated heterocycles. The van der Waals surface area contributed by atoms with Crippen molar-refractivity contribution in [2.45, 2.75) is 32.4 Å². The first-order chi connectivity index (χ1) is 13.6. The maximum Gasteiger partial charge on any atom is 0.319 e. The van der Waals surface area contributed by atoms with E-state index in [-0.39, 0.29) is 18.2 Å². The quantitative estimate of drug-likeness (QED) is 0.615. The van der Waals surface area contributed by atoms with E-state index in [1.165, 1.54) is 0 Å². The molecule has 2 aromatic carbocycles. The van der Waals surface area contributed by atoms with Crippen LogP contribution in [0.1, 0.15) is 24.0 Å². The molecule has 1 aliphatic rings. The van der Waals surface area contributed by atoms with Gasteiger partial charge in [0.25, 0.3) is 0 Å². The van der Waals surface area contributed by atoms with Crippen molar-refractivity contribution >= 4 is 23.4 Å². The molecule has 2 aromatic rings. The molecule has 0 saturated carbocycles. The first-order valence-electron chi connectivity index (χ1n) is 9.46. The lowest BCUT2D eigenvalue weighted by Gasteiger charge is -2.12. The number of hydrogen-bond acceptors (Lipinski definition) is 3. The van der Waals surface area contributed by atoms with Crippen molar-refractivity contribution in [3.05, 3.63) is 59.7 Å². The summed E-state index contributed by atoms with van der Waals surface area (Å²) in [7, 11) is 0. The number of hydrogen-bond donors (Lipinski definition) is 4. The van der Waals surface area contributed by atoms with E-state index in [1.807, 2.05) is 31.2 Å². The topological polar surface area (TPSA) is 91.5 Å². The van der Waals surface area contributed by atoms with E-state index >= 15 is 0 Å². The molecule has 4 N–H and O–H groups in total. The molecule has 28 heavy (non-hydrogen) atoms. The van der Waals surface area contributed by atoms with Crippen LogP contribution in [0.3, 0.4) is 0 Å². The minimum absolute atomic E-state index is 0.107. The molecule has 1 atom stereocenters. The molecule has 0 spiro atoms. The Balaban J connectivity index is 1.41. The third-order valence-electron chi connectivity index (χ3n) is 4.62. The first kappa shape index (κ1) is 19.7. The monoisotopic (exact) mass is 382 g/mol. The molecule has 1 aliphatic heterocycles. The van der Waals surface area contributed by atoms with Crippen molar-refractivity contribution in [1.29, 1.82) is 0 Å². The molecule has 0 aliphatic carbocycles. The number of anilines is 2. The molecule has 7 heteroatoms. The molecule has 3 rings (SSSR count). The lowest BCUT2D eigenvalue weighted by Crippen LogP contribution is -2.35. The maximum absolute atomic E-state index is 12.1. The van der Waals surface area contributed by atoms with Crippen LogP contribution in [-0.2, 0) is 11.3 Å². The van der Waals surface area contributed by atoms with Gasteiger partial charge >= 0.3 is 12.1 Å². The average Bonchev–Trinajstić information content (AvgIpc) is 3.21. The number of carbonyl (C=O) groups is 2. The predicted molar refractivity (Wildman–Crippen MR) is 109 cm³/mol. The van der Waals surface area contributed by atoms with Gasteiger partial charge in [-0.15, -0.1) is 0 Å². The zero-order valence-electron chi connectivity index (χ0n) is 16.0. The van der Waals surface area contributed by atoms with Crippen molar-refractivity contribution in [2.24, 2.45) is 0 Å². The summed E-state index contributed by atoms with van der Waals surface area (Å²) in [6.07, 6.45) is 2.13. The Labute approximate surface area is 164 Å². The smallest absolute Gasteiger partial charge is 0.319 e. The second-order valence-corrected chi connectivity index (χ2v) is 6.78. The van der Waals surface area contributed by atoms with Gasteiger partial charge in [-0.1, -0.05) is 24.3 Å². The predicted octanol–water partition coefficient (Wildman–Crippen LogP) is 3.62. The van der Waals surface area contributed by atoms with Gasteiger partial charge in [0.05, 0.1) is 6.10 Å². The van der Waals surface area contributed by atoms with E-state index < -0.39 is 0 Å².